The monoisotopic (exact) mass is 341 g/mol. The second-order valence-corrected chi connectivity index (χ2v) is 5.73. The van der Waals surface area contributed by atoms with Gasteiger partial charge in [-0.15, -0.1) is 5.10 Å². The summed E-state index contributed by atoms with van der Waals surface area (Å²) in [5.41, 5.74) is 1.94. The van der Waals surface area contributed by atoms with Crippen LogP contribution in [0, 0.1) is 5.95 Å². The Morgan fingerprint density at radius 2 is 2.16 bits per heavy atom. The molecule has 0 radical (unpaired) electrons. The summed E-state index contributed by atoms with van der Waals surface area (Å²) >= 11 is 0. The van der Waals surface area contributed by atoms with Gasteiger partial charge in [0.25, 0.3) is 5.95 Å². The van der Waals surface area contributed by atoms with Crippen molar-refractivity contribution in [3.05, 3.63) is 47.9 Å². The fraction of sp³-hybridized carbons (Fsp3) is 0.312. The van der Waals surface area contributed by atoms with Crippen molar-refractivity contribution < 1.29 is 9.13 Å². The van der Waals surface area contributed by atoms with Gasteiger partial charge in [0, 0.05) is 36.9 Å². The molecule has 1 unspecified atom stereocenters. The molecule has 1 aliphatic heterocycles. The van der Waals surface area contributed by atoms with Crippen LogP contribution in [0.2, 0.25) is 0 Å². The Labute approximate surface area is 143 Å². The minimum atomic E-state index is -0.565. The molecule has 4 heterocycles. The second kappa shape index (κ2) is 6.08. The summed E-state index contributed by atoms with van der Waals surface area (Å²) in [6, 6.07) is 2.96. The van der Waals surface area contributed by atoms with E-state index >= 15 is 0 Å². The van der Waals surface area contributed by atoms with Crippen molar-refractivity contribution >= 4 is 5.82 Å². The molecule has 1 atom stereocenters. The van der Waals surface area contributed by atoms with Gasteiger partial charge in [0.2, 0.25) is 5.95 Å². The highest BCUT2D eigenvalue weighted by molar-refractivity contribution is 5.48. The third-order valence-corrected chi connectivity index (χ3v) is 4.31. The molecule has 25 heavy (non-hydrogen) atoms. The number of fused-ring (bicyclic) bond motifs is 1. The van der Waals surface area contributed by atoms with Crippen LogP contribution in [0.3, 0.4) is 0 Å². The molecule has 0 saturated carbocycles. The first kappa shape index (κ1) is 15.4. The van der Waals surface area contributed by atoms with Crippen molar-refractivity contribution in [2.75, 3.05) is 18.6 Å². The third-order valence-electron chi connectivity index (χ3n) is 4.31. The number of rotatable bonds is 3. The van der Waals surface area contributed by atoms with Gasteiger partial charge in [0.15, 0.2) is 0 Å². The Kier molecular flexibility index (Phi) is 3.75. The molecule has 4 rings (SSSR count). The number of anilines is 1. The van der Waals surface area contributed by atoms with Gasteiger partial charge < -0.3 is 9.64 Å². The molecule has 0 aromatic carbocycles. The van der Waals surface area contributed by atoms with Crippen LogP contribution in [-0.4, -0.2) is 43.6 Å². The largest absolute Gasteiger partial charge is 0.496 e. The van der Waals surface area contributed by atoms with E-state index in [-0.39, 0.29) is 6.04 Å². The predicted octanol–water partition coefficient (Wildman–Crippen LogP) is 1.72. The molecule has 9 heteroatoms. The molecule has 3 aromatic rings. The maximum atomic E-state index is 13.7. The Balaban J connectivity index is 1.67. The predicted molar refractivity (Wildman–Crippen MR) is 87.2 cm³/mol. The lowest BCUT2D eigenvalue weighted by Gasteiger charge is -2.35. The quantitative estimate of drug-likeness (QED) is 0.671. The zero-order chi connectivity index (χ0) is 17.4. The molecule has 0 fully saturated rings. The molecule has 0 amide bonds. The molecule has 0 spiro atoms. The molecule has 0 bridgehead atoms. The third kappa shape index (κ3) is 2.77. The van der Waals surface area contributed by atoms with E-state index in [1.54, 1.807) is 24.7 Å². The smallest absolute Gasteiger partial charge is 0.252 e. The van der Waals surface area contributed by atoms with Gasteiger partial charge in [-0.25, -0.2) is 15.0 Å². The van der Waals surface area contributed by atoms with Gasteiger partial charge >= 0.3 is 0 Å². The fourth-order valence-electron chi connectivity index (χ4n) is 3.02. The lowest BCUT2D eigenvalue weighted by Crippen LogP contribution is -2.35. The minimum absolute atomic E-state index is 0.0347. The van der Waals surface area contributed by atoms with Crippen LogP contribution in [0.5, 0.6) is 5.75 Å². The van der Waals surface area contributed by atoms with E-state index in [2.05, 4.69) is 25.3 Å². The Morgan fingerprint density at radius 1 is 1.28 bits per heavy atom. The number of hydrogen-bond acceptors (Lipinski definition) is 7. The Morgan fingerprint density at radius 3 is 2.92 bits per heavy atom. The van der Waals surface area contributed by atoms with E-state index in [0.717, 1.165) is 11.3 Å². The first-order valence-corrected chi connectivity index (χ1v) is 7.86. The van der Waals surface area contributed by atoms with Gasteiger partial charge in [-0.05, 0) is 6.92 Å². The van der Waals surface area contributed by atoms with E-state index in [1.165, 1.54) is 17.9 Å². The summed E-state index contributed by atoms with van der Waals surface area (Å²) in [6.45, 7) is 2.69. The first-order valence-electron chi connectivity index (χ1n) is 7.86. The zero-order valence-electron chi connectivity index (χ0n) is 13.8. The van der Waals surface area contributed by atoms with Crippen LogP contribution in [0.1, 0.15) is 24.2 Å². The lowest BCUT2D eigenvalue weighted by atomic mass is 9.99. The van der Waals surface area contributed by atoms with Crippen molar-refractivity contribution in [3.8, 4) is 11.7 Å². The Hall–Kier alpha value is -3.10. The summed E-state index contributed by atoms with van der Waals surface area (Å²) in [4.78, 5) is 15.0. The maximum Gasteiger partial charge on any atom is 0.252 e. The molecule has 3 aromatic heterocycles. The molecular formula is C16H16FN7O. The van der Waals surface area contributed by atoms with Gasteiger partial charge in [-0.1, -0.05) is 5.21 Å². The zero-order valence-corrected chi connectivity index (χ0v) is 13.8. The van der Waals surface area contributed by atoms with Gasteiger partial charge in [0.1, 0.15) is 11.6 Å². The molecule has 0 saturated heterocycles. The van der Waals surface area contributed by atoms with Crippen LogP contribution >= 0.6 is 0 Å². The van der Waals surface area contributed by atoms with Crippen molar-refractivity contribution in [3.63, 3.8) is 0 Å². The molecule has 8 nitrogen and oxygen atoms in total. The molecule has 0 N–H and O–H groups in total. The molecule has 128 valence electrons. The molecule has 1 aliphatic rings. The number of methoxy groups -OCH3 is 1. The highest BCUT2D eigenvalue weighted by Gasteiger charge is 2.27. The van der Waals surface area contributed by atoms with Crippen molar-refractivity contribution in [2.24, 2.45) is 0 Å². The second-order valence-electron chi connectivity index (χ2n) is 5.73. The van der Waals surface area contributed by atoms with Crippen LogP contribution in [0.4, 0.5) is 10.2 Å². The molecule has 0 aliphatic carbocycles. The van der Waals surface area contributed by atoms with E-state index in [4.69, 9.17) is 4.74 Å². The van der Waals surface area contributed by atoms with E-state index in [1.807, 2.05) is 11.8 Å². The number of pyridine rings is 1. The van der Waals surface area contributed by atoms with Gasteiger partial charge in [-0.3, -0.25) is 0 Å². The van der Waals surface area contributed by atoms with Gasteiger partial charge in [-0.2, -0.15) is 9.07 Å². The number of nitrogens with zero attached hydrogens (tertiary/aromatic N) is 7. The van der Waals surface area contributed by atoms with E-state index < -0.39 is 5.95 Å². The summed E-state index contributed by atoms with van der Waals surface area (Å²) < 4.78 is 20.4. The minimum Gasteiger partial charge on any atom is -0.496 e. The number of halogens is 1. The average Bonchev–Trinajstić information content (AvgIpc) is 3.16. The normalized spacial score (nSPS) is 16.6. The summed E-state index contributed by atoms with van der Waals surface area (Å²) in [5, 5.41) is 7.68. The van der Waals surface area contributed by atoms with Crippen molar-refractivity contribution in [1.82, 2.24) is 29.9 Å². The van der Waals surface area contributed by atoms with Crippen molar-refractivity contribution in [2.45, 2.75) is 19.4 Å². The lowest BCUT2D eigenvalue weighted by molar-refractivity contribution is 0.408. The summed E-state index contributed by atoms with van der Waals surface area (Å²) in [5.74, 6) is 0.904. The SMILES string of the molecule is COc1cc(F)nc(N2CCc3nc(-n4ccnn4)ncc3C2C)c1. The number of aromatic nitrogens is 6. The number of hydrogen-bond donors (Lipinski definition) is 0. The number of ether oxygens (including phenoxy) is 1. The molecular weight excluding hydrogens is 325 g/mol. The standard InChI is InChI=1S/C16H16FN7O/c1-10-12-9-18-16(24-6-4-19-22-24)20-13(12)3-5-23(10)15-8-11(25-2)7-14(17)21-15/h4,6-10H,3,5H2,1-2H3. The summed E-state index contributed by atoms with van der Waals surface area (Å²) in [6.07, 6.45) is 5.76. The van der Waals surface area contributed by atoms with E-state index in [9.17, 15) is 4.39 Å². The first-order chi connectivity index (χ1) is 12.2. The highest BCUT2D eigenvalue weighted by Crippen LogP contribution is 2.33. The fourth-order valence-corrected chi connectivity index (χ4v) is 3.02. The van der Waals surface area contributed by atoms with Crippen LogP contribution in [-0.2, 0) is 6.42 Å². The van der Waals surface area contributed by atoms with E-state index in [0.29, 0.717) is 30.5 Å². The van der Waals surface area contributed by atoms with Crippen molar-refractivity contribution in [1.29, 1.82) is 0 Å². The maximum absolute atomic E-state index is 13.7. The van der Waals surface area contributed by atoms with Crippen LogP contribution < -0.4 is 9.64 Å². The highest BCUT2D eigenvalue weighted by atomic mass is 19.1. The van der Waals surface area contributed by atoms with Crippen LogP contribution in [0.25, 0.3) is 5.95 Å². The average molecular weight is 341 g/mol. The topological polar surface area (TPSA) is 81.9 Å². The van der Waals surface area contributed by atoms with Crippen LogP contribution in [0.15, 0.2) is 30.7 Å². The van der Waals surface area contributed by atoms with Gasteiger partial charge in [0.05, 0.1) is 31.2 Å². The Bertz CT molecular complexity index is 900. The summed E-state index contributed by atoms with van der Waals surface area (Å²) in [7, 11) is 1.51.